The summed E-state index contributed by atoms with van der Waals surface area (Å²) in [6, 6.07) is 31.0. The van der Waals surface area contributed by atoms with Crippen LogP contribution in [0.2, 0.25) is 0 Å². The van der Waals surface area contributed by atoms with Crippen LogP contribution in [0.25, 0.3) is 0 Å². The molecule has 3 nitrogen and oxygen atoms in total. The Labute approximate surface area is 196 Å². The molecule has 32 heavy (non-hydrogen) atoms. The first-order chi connectivity index (χ1) is 15.9. The summed E-state index contributed by atoms with van der Waals surface area (Å²) in [6.45, 7) is 4.04. The fraction of sp³-hybridized carbons (Fsp3) is 0.357. The van der Waals surface area contributed by atoms with E-state index < -0.39 is 0 Å². The minimum Gasteiger partial charge on any atom is -0.492 e. The maximum absolute atomic E-state index is 6.31. The normalized spacial score (nSPS) is 19.9. The molecule has 2 atom stereocenters. The van der Waals surface area contributed by atoms with Gasteiger partial charge in [-0.3, -0.25) is 4.90 Å². The maximum atomic E-state index is 6.31. The van der Waals surface area contributed by atoms with Crippen molar-refractivity contribution < 1.29 is 4.74 Å². The third-order valence-electron chi connectivity index (χ3n) is 6.63. The molecule has 0 aliphatic carbocycles. The molecule has 1 saturated heterocycles. The Balaban J connectivity index is 1.45. The number of para-hydroxylation sites is 2. The van der Waals surface area contributed by atoms with Crippen LogP contribution in [0, 0.1) is 0 Å². The van der Waals surface area contributed by atoms with Gasteiger partial charge in [-0.2, -0.15) is 0 Å². The Kier molecular flexibility index (Phi) is 7.00. The average molecular weight is 445 g/mol. The Bertz CT molecular complexity index is 975. The van der Waals surface area contributed by atoms with E-state index in [4.69, 9.17) is 4.74 Å². The Hall–Kier alpha value is -2.43. The second-order valence-corrected chi connectivity index (χ2v) is 9.84. The summed E-state index contributed by atoms with van der Waals surface area (Å²) >= 11 is 1.99. The molecule has 2 aliphatic heterocycles. The van der Waals surface area contributed by atoms with Crippen LogP contribution < -0.4 is 9.64 Å². The molecule has 0 amide bonds. The standard InChI is InChI=1S/C28H32N2OS/c1-3-11-23(12-4-1)26-17-20-32-28-16-8-7-15-27(28)30(26)21-24(29-18-9-10-19-29)22-31-25-13-5-2-6-14-25/h1-8,11-16,24,26H,9-10,17-22H2. The lowest BCUT2D eigenvalue weighted by molar-refractivity contribution is 0.160. The van der Waals surface area contributed by atoms with E-state index in [0.29, 0.717) is 12.1 Å². The van der Waals surface area contributed by atoms with Crippen molar-refractivity contribution in [1.29, 1.82) is 0 Å². The number of fused-ring (bicyclic) bond motifs is 1. The van der Waals surface area contributed by atoms with E-state index in [2.05, 4.69) is 76.5 Å². The van der Waals surface area contributed by atoms with Gasteiger partial charge in [0.15, 0.2) is 0 Å². The van der Waals surface area contributed by atoms with E-state index in [0.717, 1.165) is 31.1 Å². The zero-order valence-corrected chi connectivity index (χ0v) is 19.4. The number of thioether (sulfide) groups is 1. The van der Waals surface area contributed by atoms with Gasteiger partial charge in [-0.25, -0.2) is 0 Å². The predicted molar refractivity (Wildman–Crippen MR) is 135 cm³/mol. The van der Waals surface area contributed by atoms with E-state index in [1.807, 2.05) is 30.0 Å². The number of rotatable bonds is 7. The molecule has 1 fully saturated rings. The SMILES string of the molecule is c1ccc(OCC(CN2c3ccccc3SCCC2c2ccccc2)N2CCCC2)cc1. The fourth-order valence-corrected chi connectivity index (χ4v) is 6.05. The molecule has 166 valence electrons. The van der Waals surface area contributed by atoms with Gasteiger partial charge >= 0.3 is 0 Å². The lowest BCUT2D eigenvalue weighted by Crippen LogP contribution is -2.47. The van der Waals surface area contributed by atoms with Crippen LogP contribution in [-0.2, 0) is 0 Å². The number of anilines is 1. The molecule has 0 bridgehead atoms. The molecule has 3 aromatic rings. The molecule has 0 spiro atoms. The highest BCUT2D eigenvalue weighted by Gasteiger charge is 2.31. The highest BCUT2D eigenvalue weighted by molar-refractivity contribution is 7.99. The molecule has 2 heterocycles. The Morgan fingerprint density at radius 1 is 0.844 bits per heavy atom. The summed E-state index contributed by atoms with van der Waals surface area (Å²) in [7, 11) is 0. The summed E-state index contributed by atoms with van der Waals surface area (Å²) in [5, 5.41) is 0. The van der Waals surface area contributed by atoms with E-state index in [1.165, 1.54) is 42.1 Å². The number of ether oxygens (including phenoxy) is 1. The second-order valence-electron chi connectivity index (χ2n) is 8.70. The maximum Gasteiger partial charge on any atom is 0.119 e. The molecule has 5 rings (SSSR count). The van der Waals surface area contributed by atoms with Crippen LogP contribution in [0.3, 0.4) is 0 Å². The molecule has 2 aliphatic rings. The summed E-state index contributed by atoms with van der Waals surface area (Å²) in [5.74, 6) is 2.10. The predicted octanol–water partition coefficient (Wildman–Crippen LogP) is 6.27. The first kappa shape index (κ1) is 21.4. The third kappa shape index (κ3) is 4.97. The number of likely N-dealkylation sites (tertiary alicyclic amines) is 1. The lowest BCUT2D eigenvalue weighted by Gasteiger charge is -2.39. The van der Waals surface area contributed by atoms with Crippen LogP contribution >= 0.6 is 11.8 Å². The minimum atomic E-state index is 0.361. The van der Waals surface area contributed by atoms with Crippen molar-refractivity contribution in [3.05, 3.63) is 90.5 Å². The van der Waals surface area contributed by atoms with Crippen molar-refractivity contribution in [3.8, 4) is 5.75 Å². The average Bonchev–Trinajstić information content (AvgIpc) is 3.33. The zero-order valence-electron chi connectivity index (χ0n) is 18.6. The van der Waals surface area contributed by atoms with Crippen LogP contribution in [0.15, 0.2) is 89.8 Å². The monoisotopic (exact) mass is 444 g/mol. The molecular formula is C28H32N2OS. The van der Waals surface area contributed by atoms with E-state index >= 15 is 0 Å². The van der Waals surface area contributed by atoms with Crippen LogP contribution in [0.1, 0.15) is 30.9 Å². The van der Waals surface area contributed by atoms with E-state index in [-0.39, 0.29) is 0 Å². The highest BCUT2D eigenvalue weighted by atomic mass is 32.2. The smallest absolute Gasteiger partial charge is 0.119 e. The largest absolute Gasteiger partial charge is 0.492 e. The molecule has 0 saturated carbocycles. The third-order valence-corrected chi connectivity index (χ3v) is 7.73. The van der Waals surface area contributed by atoms with Gasteiger partial charge < -0.3 is 9.64 Å². The zero-order chi connectivity index (χ0) is 21.6. The Morgan fingerprint density at radius 3 is 2.31 bits per heavy atom. The minimum absolute atomic E-state index is 0.361. The van der Waals surface area contributed by atoms with Crippen molar-refractivity contribution in [2.24, 2.45) is 0 Å². The molecule has 0 aromatic heterocycles. The van der Waals surface area contributed by atoms with Gasteiger partial charge in [0, 0.05) is 17.2 Å². The quantitative estimate of drug-likeness (QED) is 0.426. The second kappa shape index (κ2) is 10.5. The number of benzene rings is 3. The highest BCUT2D eigenvalue weighted by Crippen LogP contribution is 2.41. The first-order valence-electron chi connectivity index (χ1n) is 11.8. The number of hydrogen-bond acceptors (Lipinski definition) is 4. The summed E-state index contributed by atoms with van der Waals surface area (Å²) in [6.07, 6.45) is 3.72. The summed E-state index contributed by atoms with van der Waals surface area (Å²) in [4.78, 5) is 6.71. The molecule has 2 unspecified atom stereocenters. The summed E-state index contributed by atoms with van der Waals surface area (Å²) < 4.78 is 6.31. The molecule has 3 aromatic carbocycles. The number of nitrogens with zero attached hydrogens (tertiary/aromatic N) is 2. The van der Waals surface area contributed by atoms with Gasteiger partial charge in [0.25, 0.3) is 0 Å². The van der Waals surface area contributed by atoms with Gasteiger partial charge in [-0.15, -0.1) is 11.8 Å². The lowest BCUT2D eigenvalue weighted by atomic mass is 10.0. The molecule has 0 radical (unpaired) electrons. The van der Waals surface area contributed by atoms with Crippen molar-refractivity contribution in [1.82, 2.24) is 4.90 Å². The van der Waals surface area contributed by atoms with E-state index in [1.54, 1.807) is 0 Å². The summed E-state index contributed by atoms with van der Waals surface area (Å²) in [5.41, 5.74) is 2.78. The van der Waals surface area contributed by atoms with Crippen molar-refractivity contribution in [2.45, 2.75) is 36.2 Å². The topological polar surface area (TPSA) is 15.7 Å². The van der Waals surface area contributed by atoms with Gasteiger partial charge in [0.05, 0.1) is 17.8 Å². The first-order valence-corrected chi connectivity index (χ1v) is 12.8. The molecular weight excluding hydrogens is 412 g/mol. The van der Waals surface area contributed by atoms with Crippen LogP contribution in [0.4, 0.5) is 5.69 Å². The van der Waals surface area contributed by atoms with E-state index in [9.17, 15) is 0 Å². The van der Waals surface area contributed by atoms with Crippen molar-refractivity contribution in [2.75, 3.05) is 36.9 Å². The fourth-order valence-electron chi connectivity index (χ4n) is 4.98. The molecule has 4 heteroatoms. The van der Waals surface area contributed by atoms with Crippen LogP contribution in [-0.4, -0.2) is 42.9 Å². The van der Waals surface area contributed by atoms with Crippen molar-refractivity contribution >= 4 is 17.4 Å². The van der Waals surface area contributed by atoms with Gasteiger partial charge in [0.1, 0.15) is 12.4 Å². The van der Waals surface area contributed by atoms with Crippen LogP contribution in [0.5, 0.6) is 5.75 Å². The van der Waals surface area contributed by atoms with Gasteiger partial charge in [0.2, 0.25) is 0 Å². The van der Waals surface area contributed by atoms with Gasteiger partial charge in [-0.05, 0) is 62.2 Å². The van der Waals surface area contributed by atoms with Gasteiger partial charge in [-0.1, -0.05) is 60.7 Å². The van der Waals surface area contributed by atoms with Crippen molar-refractivity contribution in [3.63, 3.8) is 0 Å². The number of hydrogen-bond donors (Lipinski definition) is 0. The Morgan fingerprint density at radius 2 is 1.53 bits per heavy atom. The molecule has 0 N–H and O–H groups in total.